The molecule has 102 valence electrons. The van der Waals surface area contributed by atoms with Gasteiger partial charge in [-0.3, -0.25) is 4.98 Å². The maximum absolute atomic E-state index is 5.84. The molecule has 3 N–H and O–H groups in total. The van der Waals surface area contributed by atoms with Crippen molar-refractivity contribution < 1.29 is 0 Å². The molecule has 2 aromatic rings. The van der Waals surface area contributed by atoms with Crippen LogP contribution < -0.4 is 11.1 Å². The largest absolute Gasteiger partial charge is 0.370 e. The molecular weight excluding hydrogens is 248 g/mol. The van der Waals surface area contributed by atoms with Gasteiger partial charge in [0.25, 0.3) is 0 Å². The van der Waals surface area contributed by atoms with Crippen molar-refractivity contribution in [3.8, 4) is 11.3 Å². The van der Waals surface area contributed by atoms with Crippen LogP contribution in [0, 0.1) is 0 Å². The number of rotatable bonds is 4. The van der Waals surface area contributed by atoms with Gasteiger partial charge in [0.2, 0.25) is 0 Å². The normalized spacial score (nSPS) is 15.1. The van der Waals surface area contributed by atoms with Crippen LogP contribution in [0.25, 0.3) is 11.3 Å². The Bertz CT molecular complexity index is 603. The van der Waals surface area contributed by atoms with E-state index in [1.165, 1.54) is 12.8 Å². The predicted octanol–water partition coefficient (Wildman–Crippen LogP) is 2.32. The average molecular weight is 266 g/mol. The second kappa shape index (κ2) is 5.74. The van der Waals surface area contributed by atoms with Crippen molar-refractivity contribution in [3.05, 3.63) is 54.2 Å². The molecule has 0 bridgehead atoms. The van der Waals surface area contributed by atoms with Crippen molar-refractivity contribution in [2.24, 2.45) is 10.7 Å². The van der Waals surface area contributed by atoms with Gasteiger partial charge < -0.3 is 11.1 Å². The molecule has 0 radical (unpaired) electrons. The highest BCUT2D eigenvalue weighted by atomic mass is 15.1. The Morgan fingerprint density at radius 2 is 2.15 bits per heavy atom. The number of aliphatic imine (C=N–C) groups is 1. The lowest BCUT2D eigenvalue weighted by atomic mass is 10.1. The van der Waals surface area contributed by atoms with Crippen molar-refractivity contribution in [2.45, 2.75) is 25.4 Å². The molecule has 0 aliphatic heterocycles. The summed E-state index contributed by atoms with van der Waals surface area (Å²) in [7, 11) is 0. The van der Waals surface area contributed by atoms with Crippen LogP contribution in [-0.2, 0) is 6.54 Å². The molecule has 4 nitrogen and oxygen atoms in total. The minimum Gasteiger partial charge on any atom is -0.370 e. The quantitative estimate of drug-likeness (QED) is 0.659. The summed E-state index contributed by atoms with van der Waals surface area (Å²) in [6, 6.07) is 14.7. The fourth-order valence-corrected chi connectivity index (χ4v) is 2.02. The summed E-state index contributed by atoms with van der Waals surface area (Å²) in [5.74, 6) is 0.538. The van der Waals surface area contributed by atoms with Gasteiger partial charge in [0.05, 0.1) is 12.2 Å². The van der Waals surface area contributed by atoms with Crippen LogP contribution in [0.15, 0.2) is 53.7 Å². The first-order valence-electron chi connectivity index (χ1n) is 6.88. The summed E-state index contributed by atoms with van der Waals surface area (Å²) in [5.41, 5.74) is 9.05. The average Bonchev–Trinajstić information content (AvgIpc) is 3.30. The Hall–Kier alpha value is -2.36. The fraction of sp³-hybridized carbons (Fsp3) is 0.250. The van der Waals surface area contributed by atoms with E-state index in [0.717, 1.165) is 16.8 Å². The van der Waals surface area contributed by atoms with Crippen molar-refractivity contribution in [2.75, 3.05) is 0 Å². The van der Waals surface area contributed by atoms with Crippen molar-refractivity contribution >= 4 is 5.96 Å². The lowest BCUT2D eigenvalue weighted by molar-refractivity contribution is 0.879. The van der Waals surface area contributed by atoms with Crippen molar-refractivity contribution in [1.82, 2.24) is 10.3 Å². The highest BCUT2D eigenvalue weighted by molar-refractivity contribution is 5.78. The molecular formula is C16H18N4. The number of hydrogen-bond acceptors (Lipinski definition) is 2. The number of aromatic nitrogens is 1. The number of nitrogens with zero attached hydrogens (tertiary/aromatic N) is 2. The standard InChI is InChI=1S/C16H18N4/c17-16(20-14-7-8-14)19-11-12-4-3-5-13(10-12)15-6-1-2-9-18-15/h1-6,9-10,14H,7-8,11H2,(H3,17,19,20). The zero-order chi connectivity index (χ0) is 13.8. The van der Waals surface area contributed by atoms with Crippen LogP contribution in [0.3, 0.4) is 0 Å². The summed E-state index contributed by atoms with van der Waals surface area (Å²) in [5, 5.41) is 3.19. The van der Waals surface area contributed by atoms with Gasteiger partial charge in [-0.05, 0) is 36.6 Å². The monoisotopic (exact) mass is 266 g/mol. The molecule has 1 aromatic heterocycles. The number of benzene rings is 1. The van der Waals surface area contributed by atoms with E-state index in [-0.39, 0.29) is 0 Å². The first kappa shape index (κ1) is 12.7. The highest BCUT2D eigenvalue weighted by Gasteiger charge is 2.21. The first-order chi connectivity index (χ1) is 9.81. The van der Waals surface area contributed by atoms with E-state index in [0.29, 0.717) is 18.5 Å². The molecule has 1 saturated carbocycles. The van der Waals surface area contributed by atoms with Gasteiger partial charge >= 0.3 is 0 Å². The second-order valence-corrected chi connectivity index (χ2v) is 5.04. The topological polar surface area (TPSA) is 63.3 Å². The zero-order valence-electron chi connectivity index (χ0n) is 11.3. The van der Waals surface area contributed by atoms with Crippen LogP contribution in [0.4, 0.5) is 0 Å². The second-order valence-electron chi connectivity index (χ2n) is 5.04. The van der Waals surface area contributed by atoms with Crippen LogP contribution in [0.5, 0.6) is 0 Å². The molecule has 0 saturated heterocycles. The van der Waals surface area contributed by atoms with E-state index in [4.69, 9.17) is 5.73 Å². The molecule has 0 unspecified atom stereocenters. The summed E-state index contributed by atoms with van der Waals surface area (Å²) in [6.07, 6.45) is 4.20. The van der Waals surface area contributed by atoms with E-state index >= 15 is 0 Å². The fourth-order valence-electron chi connectivity index (χ4n) is 2.02. The van der Waals surface area contributed by atoms with E-state index in [9.17, 15) is 0 Å². The highest BCUT2D eigenvalue weighted by Crippen LogP contribution is 2.19. The molecule has 1 fully saturated rings. The van der Waals surface area contributed by atoms with E-state index in [1.54, 1.807) is 6.20 Å². The lowest BCUT2D eigenvalue weighted by Crippen LogP contribution is -2.33. The van der Waals surface area contributed by atoms with Crippen LogP contribution >= 0.6 is 0 Å². The molecule has 1 aromatic carbocycles. The number of nitrogens with one attached hydrogen (secondary N) is 1. The molecule has 4 heteroatoms. The summed E-state index contributed by atoms with van der Waals surface area (Å²) in [4.78, 5) is 8.73. The third-order valence-corrected chi connectivity index (χ3v) is 3.25. The van der Waals surface area contributed by atoms with Gasteiger partial charge in [0.15, 0.2) is 5.96 Å². The van der Waals surface area contributed by atoms with Crippen molar-refractivity contribution in [3.63, 3.8) is 0 Å². The predicted molar refractivity (Wildman–Crippen MR) is 81.2 cm³/mol. The minimum absolute atomic E-state index is 0.538. The van der Waals surface area contributed by atoms with Crippen LogP contribution in [0.2, 0.25) is 0 Å². The van der Waals surface area contributed by atoms with E-state index < -0.39 is 0 Å². The number of pyridine rings is 1. The summed E-state index contributed by atoms with van der Waals surface area (Å²) in [6.45, 7) is 0.590. The van der Waals surface area contributed by atoms with Gasteiger partial charge in [-0.15, -0.1) is 0 Å². The molecule has 3 rings (SSSR count). The maximum atomic E-state index is 5.84. The lowest BCUT2D eigenvalue weighted by Gasteiger charge is -2.05. The molecule has 0 spiro atoms. The molecule has 1 aliphatic rings. The zero-order valence-corrected chi connectivity index (χ0v) is 11.3. The molecule has 1 heterocycles. The number of nitrogens with two attached hydrogens (primary N) is 1. The Kier molecular flexibility index (Phi) is 3.63. The van der Waals surface area contributed by atoms with Crippen LogP contribution in [0.1, 0.15) is 18.4 Å². The number of guanidine groups is 1. The summed E-state index contributed by atoms with van der Waals surface area (Å²) < 4.78 is 0. The third kappa shape index (κ3) is 3.35. The Labute approximate surface area is 118 Å². The molecule has 1 aliphatic carbocycles. The number of hydrogen-bond donors (Lipinski definition) is 2. The Morgan fingerprint density at radius 1 is 1.25 bits per heavy atom. The Balaban J connectivity index is 1.71. The first-order valence-corrected chi connectivity index (χ1v) is 6.88. The van der Waals surface area contributed by atoms with Crippen molar-refractivity contribution in [1.29, 1.82) is 0 Å². The molecule has 0 amide bonds. The van der Waals surface area contributed by atoms with Gasteiger partial charge in [-0.1, -0.05) is 24.3 Å². The molecule has 0 atom stereocenters. The maximum Gasteiger partial charge on any atom is 0.189 e. The van der Waals surface area contributed by atoms with Crippen LogP contribution in [-0.4, -0.2) is 17.0 Å². The van der Waals surface area contributed by atoms with Gasteiger partial charge in [-0.25, -0.2) is 4.99 Å². The molecule has 20 heavy (non-hydrogen) atoms. The van der Waals surface area contributed by atoms with Gasteiger partial charge in [0.1, 0.15) is 0 Å². The van der Waals surface area contributed by atoms with E-state index in [2.05, 4.69) is 33.5 Å². The van der Waals surface area contributed by atoms with Gasteiger partial charge in [-0.2, -0.15) is 0 Å². The minimum atomic E-state index is 0.538. The Morgan fingerprint density at radius 3 is 2.90 bits per heavy atom. The smallest absolute Gasteiger partial charge is 0.189 e. The summed E-state index contributed by atoms with van der Waals surface area (Å²) >= 11 is 0. The SMILES string of the molecule is NC(=NCc1cccc(-c2ccccn2)c1)NC1CC1. The van der Waals surface area contributed by atoms with E-state index in [1.807, 2.05) is 24.3 Å². The van der Waals surface area contributed by atoms with Gasteiger partial charge in [0, 0.05) is 17.8 Å². The third-order valence-electron chi connectivity index (χ3n) is 3.25.